The summed E-state index contributed by atoms with van der Waals surface area (Å²) in [7, 11) is 0. The Balaban J connectivity index is 2.05. The van der Waals surface area contributed by atoms with Crippen LogP contribution in [0.2, 0.25) is 0 Å². The van der Waals surface area contributed by atoms with Crippen molar-refractivity contribution < 1.29 is 5.11 Å². The van der Waals surface area contributed by atoms with Crippen molar-refractivity contribution in [1.82, 2.24) is 0 Å². The van der Waals surface area contributed by atoms with Gasteiger partial charge >= 0.3 is 0 Å². The van der Waals surface area contributed by atoms with E-state index in [2.05, 4.69) is 13.0 Å². The summed E-state index contributed by atoms with van der Waals surface area (Å²) < 4.78 is 0. The van der Waals surface area contributed by atoms with Crippen molar-refractivity contribution in [3.63, 3.8) is 0 Å². The monoisotopic (exact) mass is 219 g/mol. The largest absolute Gasteiger partial charge is 0.508 e. The Labute approximate surface area is 99.5 Å². The van der Waals surface area contributed by atoms with E-state index < -0.39 is 0 Å². The molecule has 1 rings (SSSR count). The maximum absolute atomic E-state index is 9.55. The maximum Gasteiger partial charge on any atom is 0.119 e. The minimum atomic E-state index is 0.397. The van der Waals surface area contributed by atoms with E-state index in [9.17, 15) is 5.11 Å². The molecule has 0 aliphatic heterocycles. The van der Waals surface area contributed by atoms with E-state index in [0.29, 0.717) is 5.75 Å². The van der Waals surface area contributed by atoms with Crippen LogP contribution in [0.3, 0.4) is 0 Å². The first kappa shape index (κ1) is 13.1. The summed E-state index contributed by atoms with van der Waals surface area (Å²) in [5, 5.41) is 9.55. The van der Waals surface area contributed by atoms with Gasteiger partial charge in [0.2, 0.25) is 0 Å². The van der Waals surface area contributed by atoms with E-state index in [4.69, 9.17) is 0 Å². The van der Waals surface area contributed by atoms with Crippen molar-refractivity contribution in [2.75, 3.05) is 0 Å². The smallest absolute Gasteiger partial charge is 0.119 e. The third-order valence-corrected chi connectivity index (χ3v) is 2.95. The number of unbranched alkanes of at least 4 members (excludes halogenated alkanes) is 6. The van der Waals surface area contributed by atoms with Crippen LogP contribution in [0.25, 0.3) is 0 Å². The van der Waals surface area contributed by atoms with Crippen molar-refractivity contribution in [1.29, 1.82) is 0 Å². The lowest BCUT2D eigenvalue weighted by atomic mass is 10.0. The fraction of sp³-hybridized carbons (Fsp3) is 0.600. The molecule has 0 saturated heterocycles. The van der Waals surface area contributed by atoms with Gasteiger partial charge in [-0.1, -0.05) is 57.6 Å². The maximum atomic E-state index is 9.55. The first-order chi connectivity index (χ1) is 7.84. The highest BCUT2D eigenvalue weighted by Crippen LogP contribution is 2.18. The van der Waals surface area contributed by atoms with E-state index in [1.165, 1.54) is 44.9 Å². The zero-order valence-corrected chi connectivity index (χ0v) is 10.3. The van der Waals surface area contributed by atoms with E-state index in [-0.39, 0.29) is 0 Å². The van der Waals surface area contributed by atoms with Gasteiger partial charge in [0.15, 0.2) is 0 Å². The Kier molecular flexibility index (Phi) is 6.71. The van der Waals surface area contributed by atoms with Gasteiger partial charge in [0.25, 0.3) is 0 Å². The van der Waals surface area contributed by atoms with Crippen LogP contribution >= 0.6 is 0 Å². The lowest BCUT2D eigenvalue weighted by molar-refractivity contribution is 0.465. The Morgan fingerprint density at radius 1 is 1.06 bits per heavy atom. The molecule has 0 bridgehead atoms. The Bertz CT molecular complexity index is 281. The molecule has 0 atom stereocenters. The van der Waals surface area contributed by atoms with Gasteiger partial charge in [0.05, 0.1) is 0 Å². The molecule has 0 amide bonds. The molecular weight excluding hydrogens is 196 g/mol. The number of hydrogen-bond donors (Lipinski definition) is 1. The van der Waals surface area contributed by atoms with Gasteiger partial charge in [0.1, 0.15) is 5.75 Å². The molecule has 1 aromatic rings. The fourth-order valence-corrected chi connectivity index (χ4v) is 1.92. The van der Waals surface area contributed by atoms with Crippen LogP contribution in [0.1, 0.15) is 57.4 Å². The van der Waals surface area contributed by atoms with Gasteiger partial charge in [-0.2, -0.15) is 0 Å². The fourth-order valence-electron chi connectivity index (χ4n) is 1.92. The lowest BCUT2D eigenvalue weighted by Crippen LogP contribution is -1.87. The Morgan fingerprint density at radius 2 is 1.75 bits per heavy atom. The van der Waals surface area contributed by atoms with Gasteiger partial charge in [-0.3, -0.25) is 0 Å². The summed E-state index contributed by atoms with van der Waals surface area (Å²) in [6.07, 6.45) is 10.1. The third-order valence-electron chi connectivity index (χ3n) is 2.95. The molecule has 16 heavy (non-hydrogen) atoms. The molecule has 1 heteroatoms. The van der Waals surface area contributed by atoms with E-state index in [0.717, 1.165) is 12.0 Å². The van der Waals surface area contributed by atoms with Crippen LogP contribution < -0.4 is 0 Å². The van der Waals surface area contributed by atoms with Gasteiger partial charge in [-0.15, -0.1) is 0 Å². The summed E-state index contributed by atoms with van der Waals surface area (Å²) in [6.45, 7) is 2.24. The van der Waals surface area contributed by atoms with Gasteiger partial charge in [-0.25, -0.2) is 0 Å². The number of aryl methyl sites for hydroxylation is 1. The molecule has 0 aromatic heterocycles. The quantitative estimate of drug-likeness (QED) is 0.639. The van der Waals surface area contributed by atoms with Crippen LogP contribution in [0.15, 0.2) is 18.2 Å². The Hall–Kier alpha value is -0.980. The normalized spacial score (nSPS) is 10.6. The molecule has 0 spiro atoms. The molecule has 1 N–H and O–H groups in total. The zero-order chi connectivity index (χ0) is 11.6. The summed E-state index contributed by atoms with van der Waals surface area (Å²) in [4.78, 5) is 0. The van der Waals surface area contributed by atoms with Crippen LogP contribution in [-0.2, 0) is 6.42 Å². The average molecular weight is 219 g/mol. The summed E-state index contributed by atoms with van der Waals surface area (Å²) in [5.74, 6) is 0.397. The number of aromatic hydroxyl groups is 1. The van der Waals surface area contributed by atoms with Crippen molar-refractivity contribution in [2.45, 2.75) is 58.3 Å². The molecule has 1 aromatic carbocycles. The molecule has 0 aliphatic carbocycles. The third kappa shape index (κ3) is 5.20. The first-order valence-corrected chi connectivity index (χ1v) is 6.53. The number of hydrogen-bond acceptors (Lipinski definition) is 1. The van der Waals surface area contributed by atoms with Gasteiger partial charge in [-0.05, 0) is 25.0 Å². The number of phenolic OH excluding ortho intramolecular Hbond substituents is 1. The predicted molar refractivity (Wildman–Crippen MR) is 68.6 cm³/mol. The number of benzene rings is 1. The topological polar surface area (TPSA) is 20.2 Å². The molecular formula is C15H23O. The van der Waals surface area contributed by atoms with Crippen LogP contribution in [-0.4, -0.2) is 5.11 Å². The van der Waals surface area contributed by atoms with E-state index in [1.807, 2.05) is 12.1 Å². The molecule has 0 saturated carbocycles. The van der Waals surface area contributed by atoms with Crippen molar-refractivity contribution in [3.8, 4) is 5.75 Å². The minimum absolute atomic E-state index is 0.397. The molecule has 1 radical (unpaired) electrons. The Morgan fingerprint density at radius 3 is 2.44 bits per heavy atom. The van der Waals surface area contributed by atoms with Gasteiger partial charge in [0, 0.05) is 5.56 Å². The molecule has 0 unspecified atom stereocenters. The van der Waals surface area contributed by atoms with Crippen molar-refractivity contribution >= 4 is 0 Å². The predicted octanol–water partition coefficient (Wildman–Crippen LogP) is 4.49. The highest BCUT2D eigenvalue weighted by molar-refractivity contribution is 5.30. The number of phenols is 1. The number of rotatable bonds is 8. The minimum Gasteiger partial charge on any atom is -0.508 e. The second-order valence-electron chi connectivity index (χ2n) is 4.41. The molecule has 89 valence electrons. The van der Waals surface area contributed by atoms with Crippen molar-refractivity contribution in [3.05, 3.63) is 29.8 Å². The first-order valence-electron chi connectivity index (χ1n) is 6.53. The highest BCUT2D eigenvalue weighted by Gasteiger charge is 1.99. The standard InChI is InChI=1S/C15H23O/c1-2-3-4-5-6-7-8-11-14-12-9-10-13-15(14)16/h9-10,13,16H,2-8,11H2,1H3. The second-order valence-corrected chi connectivity index (χ2v) is 4.41. The van der Waals surface area contributed by atoms with Crippen LogP contribution in [0.4, 0.5) is 0 Å². The second kappa shape index (κ2) is 8.20. The van der Waals surface area contributed by atoms with E-state index in [1.54, 1.807) is 6.07 Å². The molecule has 1 nitrogen and oxygen atoms in total. The summed E-state index contributed by atoms with van der Waals surface area (Å²) in [6, 6.07) is 8.54. The average Bonchev–Trinajstić information content (AvgIpc) is 2.30. The highest BCUT2D eigenvalue weighted by atomic mass is 16.3. The molecule has 0 heterocycles. The molecule has 0 aliphatic rings. The van der Waals surface area contributed by atoms with E-state index >= 15 is 0 Å². The van der Waals surface area contributed by atoms with Crippen LogP contribution in [0.5, 0.6) is 5.75 Å². The zero-order valence-electron chi connectivity index (χ0n) is 10.3. The molecule has 0 fully saturated rings. The van der Waals surface area contributed by atoms with Crippen LogP contribution in [0, 0.1) is 6.07 Å². The SMILES string of the molecule is CCCCCCCCCc1[c]cccc1O. The lowest BCUT2D eigenvalue weighted by Gasteiger charge is -2.03. The summed E-state index contributed by atoms with van der Waals surface area (Å²) in [5.41, 5.74) is 0.969. The van der Waals surface area contributed by atoms with Gasteiger partial charge < -0.3 is 5.11 Å². The summed E-state index contributed by atoms with van der Waals surface area (Å²) >= 11 is 0. The van der Waals surface area contributed by atoms with Crippen molar-refractivity contribution in [2.24, 2.45) is 0 Å².